The van der Waals surface area contributed by atoms with E-state index in [2.05, 4.69) is 0 Å². The van der Waals surface area contributed by atoms with Crippen LogP contribution in [0.15, 0.2) is 0 Å². The molecule has 1 aliphatic rings. The molecule has 1 saturated heterocycles. The predicted molar refractivity (Wildman–Crippen MR) is 44.7 cm³/mol. The normalized spacial score (nSPS) is 44.8. The van der Waals surface area contributed by atoms with Gasteiger partial charge in [-0.1, -0.05) is 6.92 Å². The van der Waals surface area contributed by atoms with E-state index in [0.29, 0.717) is 6.54 Å². The van der Waals surface area contributed by atoms with Gasteiger partial charge in [-0.3, -0.25) is 4.90 Å². The molecule has 1 rings (SSSR count). The van der Waals surface area contributed by atoms with Crippen LogP contribution in [0.4, 0.5) is 0 Å². The van der Waals surface area contributed by atoms with E-state index in [1.807, 2.05) is 18.9 Å². The molecule has 0 spiro atoms. The number of likely N-dealkylation sites (tertiary alicyclic amines) is 1. The van der Waals surface area contributed by atoms with Crippen LogP contribution in [0, 0.1) is 5.92 Å². The fourth-order valence-electron chi connectivity index (χ4n) is 1.82. The summed E-state index contributed by atoms with van der Waals surface area (Å²) in [5.74, 6) is -0.0799. The molecule has 0 radical (unpaired) electrons. The van der Waals surface area contributed by atoms with Crippen LogP contribution in [-0.4, -0.2) is 58.7 Å². The largest absolute Gasteiger partial charge is 0.395 e. The highest BCUT2D eigenvalue weighted by Gasteiger charge is 2.37. The van der Waals surface area contributed by atoms with E-state index < -0.39 is 12.2 Å². The van der Waals surface area contributed by atoms with E-state index in [4.69, 9.17) is 5.11 Å². The number of aliphatic hydroxyl groups is 3. The third-order valence-electron chi connectivity index (χ3n) is 2.77. The van der Waals surface area contributed by atoms with Crippen molar-refractivity contribution in [3.8, 4) is 0 Å². The molecule has 4 unspecified atom stereocenters. The van der Waals surface area contributed by atoms with Gasteiger partial charge in [-0.2, -0.15) is 0 Å². The first-order chi connectivity index (χ1) is 5.57. The first-order valence-corrected chi connectivity index (χ1v) is 4.25. The maximum atomic E-state index is 9.48. The molecule has 1 heterocycles. The molecular formula is C8H17NO3. The molecule has 1 fully saturated rings. The van der Waals surface area contributed by atoms with Crippen molar-refractivity contribution in [2.75, 3.05) is 20.2 Å². The first kappa shape index (κ1) is 9.92. The number of rotatable bonds is 1. The van der Waals surface area contributed by atoms with Crippen molar-refractivity contribution in [1.82, 2.24) is 4.90 Å². The molecular weight excluding hydrogens is 158 g/mol. The van der Waals surface area contributed by atoms with Crippen LogP contribution in [0.3, 0.4) is 0 Å². The molecule has 0 aromatic rings. The van der Waals surface area contributed by atoms with Crippen LogP contribution >= 0.6 is 0 Å². The Hall–Kier alpha value is -0.160. The number of likely N-dealkylation sites (N-methyl/N-ethyl adjacent to an activating group) is 1. The number of piperidine rings is 1. The van der Waals surface area contributed by atoms with Gasteiger partial charge in [0, 0.05) is 18.5 Å². The number of nitrogens with zero attached hydrogens (tertiary/aromatic N) is 1. The van der Waals surface area contributed by atoms with Gasteiger partial charge in [0.05, 0.1) is 18.8 Å². The zero-order valence-electron chi connectivity index (χ0n) is 7.51. The van der Waals surface area contributed by atoms with Crippen molar-refractivity contribution in [2.45, 2.75) is 25.2 Å². The minimum Gasteiger partial charge on any atom is -0.395 e. The molecule has 0 aromatic heterocycles. The fourth-order valence-corrected chi connectivity index (χ4v) is 1.82. The summed E-state index contributed by atoms with van der Waals surface area (Å²) in [6.45, 7) is 2.29. The summed E-state index contributed by atoms with van der Waals surface area (Å²) in [6, 6.07) is -0.0385. The maximum Gasteiger partial charge on any atom is 0.0928 e. The highest BCUT2D eigenvalue weighted by atomic mass is 16.3. The quantitative estimate of drug-likeness (QED) is 0.461. The lowest BCUT2D eigenvalue weighted by atomic mass is 9.87. The zero-order valence-corrected chi connectivity index (χ0v) is 7.51. The molecule has 0 aliphatic carbocycles. The van der Waals surface area contributed by atoms with Gasteiger partial charge in [-0.25, -0.2) is 0 Å². The third-order valence-corrected chi connectivity index (χ3v) is 2.77. The second-order valence-electron chi connectivity index (χ2n) is 3.61. The Morgan fingerprint density at radius 2 is 2.00 bits per heavy atom. The average molecular weight is 175 g/mol. The van der Waals surface area contributed by atoms with Crippen LogP contribution in [0.25, 0.3) is 0 Å². The molecule has 12 heavy (non-hydrogen) atoms. The lowest BCUT2D eigenvalue weighted by Crippen LogP contribution is -2.57. The lowest BCUT2D eigenvalue weighted by Gasteiger charge is -2.42. The summed E-state index contributed by atoms with van der Waals surface area (Å²) >= 11 is 0. The maximum absolute atomic E-state index is 9.48. The Morgan fingerprint density at radius 3 is 2.50 bits per heavy atom. The van der Waals surface area contributed by atoms with Crippen molar-refractivity contribution in [2.24, 2.45) is 5.92 Å². The van der Waals surface area contributed by atoms with Gasteiger partial charge in [0.25, 0.3) is 0 Å². The number of aliphatic hydroxyl groups excluding tert-OH is 3. The molecule has 0 aromatic carbocycles. The standard InChI is InChI=1S/C8H17NO3/c1-5-6(4-10)9(2)3-7(11)8(5)12/h5-8,10-12H,3-4H2,1-2H3. The molecule has 4 nitrogen and oxygen atoms in total. The molecule has 1 aliphatic heterocycles. The molecule has 4 heteroatoms. The van der Waals surface area contributed by atoms with E-state index in [1.165, 1.54) is 0 Å². The van der Waals surface area contributed by atoms with Crippen molar-refractivity contribution in [3.05, 3.63) is 0 Å². The molecule has 72 valence electrons. The summed E-state index contributed by atoms with van der Waals surface area (Å²) in [5.41, 5.74) is 0. The SMILES string of the molecule is CC1C(O)C(O)CN(C)C1CO. The van der Waals surface area contributed by atoms with Crippen LogP contribution in [-0.2, 0) is 0 Å². The van der Waals surface area contributed by atoms with Gasteiger partial charge < -0.3 is 15.3 Å². The molecule has 3 N–H and O–H groups in total. The highest BCUT2D eigenvalue weighted by molar-refractivity contribution is 4.90. The van der Waals surface area contributed by atoms with Crippen LogP contribution in [0.5, 0.6) is 0 Å². The monoisotopic (exact) mass is 175 g/mol. The second kappa shape index (κ2) is 3.70. The predicted octanol–water partition coefficient (Wildman–Crippen LogP) is -1.35. The molecule has 0 amide bonds. The minimum atomic E-state index is -0.710. The van der Waals surface area contributed by atoms with E-state index >= 15 is 0 Å². The lowest BCUT2D eigenvalue weighted by molar-refractivity contribution is -0.0972. The summed E-state index contributed by atoms with van der Waals surface area (Å²) in [6.07, 6.45) is -1.40. The number of hydrogen-bond donors (Lipinski definition) is 3. The van der Waals surface area contributed by atoms with Gasteiger partial charge in [-0.15, -0.1) is 0 Å². The molecule has 0 saturated carbocycles. The van der Waals surface area contributed by atoms with Gasteiger partial charge in [0.1, 0.15) is 0 Å². The number of β-amino-alcohol motifs (C(OH)–C–C–N with tert-alkyl or cyclic N) is 1. The zero-order chi connectivity index (χ0) is 9.30. The van der Waals surface area contributed by atoms with Crippen LogP contribution in [0.2, 0.25) is 0 Å². The summed E-state index contributed by atoms with van der Waals surface area (Å²) in [7, 11) is 1.84. The summed E-state index contributed by atoms with van der Waals surface area (Å²) in [5, 5.41) is 27.8. The second-order valence-corrected chi connectivity index (χ2v) is 3.61. The summed E-state index contributed by atoms with van der Waals surface area (Å²) in [4.78, 5) is 1.88. The van der Waals surface area contributed by atoms with Crippen LogP contribution in [0.1, 0.15) is 6.92 Å². The molecule has 0 bridgehead atoms. The Labute approximate surface area is 72.4 Å². The van der Waals surface area contributed by atoms with Gasteiger partial charge in [-0.05, 0) is 7.05 Å². The van der Waals surface area contributed by atoms with E-state index in [9.17, 15) is 10.2 Å². The Bertz CT molecular complexity index is 153. The first-order valence-electron chi connectivity index (χ1n) is 4.25. The average Bonchev–Trinajstić information content (AvgIpc) is 2.01. The van der Waals surface area contributed by atoms with Gasteiger partial charge in [0.15, 0.2) is 0 Å². The Balaban J connectivity index is 2.65. The number of hydrogen-bond acceptors (Lipinski definition) is 4. The smallest absolute Gasteiger partial charge is 0.0928 e. The highest BCUT2D eigenvalue weighted by Crippen LogP contribution is 2.22. The van der Waals surface area contributed by atoms with Crippen LogP contribution < -0.4 is 0 Å². The van der Waals surface area contributed by atoms with E-state index in [1.54, 1.807) is 0 Å². The molecule has 4 atom stereocenters. The topological polar surface area (TPSA) is 63.9 Å². The third kappa shape index (κ3) is 1.61. The van der Waals surface area contributed by atoms with Crippen molar-refractivity contribution in [1.29, 1.82) is 0 Å². The van der Waals surface area contributed by atoms with Crippen molar-refractivity contribution in [3.63, 3.8) is 0 Å². The van der Waals surface area contributed by atoms with Crippen molar-refractivity contribution < 1.29 is 15.3 Å². The van der Waals surface area contributed by atoms with Gasteiger partial charge in [0.2, 0.25) is 0 Å². The summed E-state index contributed by atoms with van der Waals surface area (Å²) < 4.78 is 0. The van der Waals surface area contributed by atoms with Crippen molar-refractivity contribution >= 4 is 0 Å². The Kier molecular flexibility index (Phi) is 3.06. The minimum absolute atomic E-state index is 0.0292. The van der Waals surface area contributed by atoms with E-state index in [0.717, 1.165) is 0 Å². The Morgan fingerprint density at radius 1 is 1.42 bits per heavy atom. The van der Waals surface area contributed by atoms with E-state index in [-0.39, 0.29) is 18.6 Å². The fraction of sp³-hybridized carbons (Fsp3) is 1.00. The van der Waals surface area contributed by atoms with Gasteiger partial charge >= 0.3 is 0 Å².